The lowest BCUT2D eigenvalue weighted by Gasteiger charge is -2.19. The van der Waals surface area contributed by atoms with Crippen molar-refractivity contribution < 1.29 is 9.21 Å². The van der Waals surface area contributed by atoms with Crippen LogP contribution in [0.15, 0.2) is 68.1 Å². The van der Waals surface area contributed by atoms with Gasteiger partial charge in [-0.15, -0.1) is 27.8 Å². The molecule has 5 rings (SSSR count). The summed E-state index contributed by atoms with van der Waals surface area (Å²) in [4.78, 5) is 15.3. The molecule has 1 atom stereocenters. The van der Waals surface area contributed by atoms with E-state index in [-0.39, 0.29) is 17.7 Å². The first-order valence-electron chi connectivity index (χ1n) is 9.16. The van der Waals surface area contributed by atoms with Gasteiger partial charge in [-0.25, -0.2) is 9.69 Å². The van der Waals surface area contributed by atoms with Gasteiger partial charge in [-0.2, -0.15) is 5.10 Å². The first-order chi connectivity index (χ1) is 14.8. The number of hydrogen-bond donors (Lipinski definition) is 0. The molecular formula is C19H16N6O2S3. The van der Waals surface area contributed by atoms with Gasteiger partial charge in [-0.05, 0) is 45.5 Å². The van der Waals surface area contributed by atoms with Crippen LogP contribution in [-0.2, 0) is 11.3 Å². The molecule has 0 radical (unpaired) electrons. The maximum absolute atomic E-state index is 13.1. The van der Waals surface area contributed by atoms with Crippen molar-refractivity contribution in [1.29, 1.82) is 0 Å². The fourth-order valence-electron chi connectivity index (χ4n) is 3.18. The molecule has 8 nitrogen and oxygen atoms in total. The lowest BCUT2D eigenvalue weighted by atomic mass is 10.1. The maximum atomic E-state index is 13.1. The SMILES string of the molecule is O=C(CSc1nnnn1Cc1cccs1)N1N=C(c2cccs2)C[C@@H]1c1ccco1. The Balaban J connectivity index is 1.31. The lowest BCUT2D eigenvalue weighted by Crippen LogP contribution is -2.28. The third-order valence-corrected chi connectivity index (χ3v) is 7.27. The molecule has 0 bridgehead atoms. The van der Waals surface area contributed by atoms with Crippen LogP contribution in [-0.4, -0.2) is 42.6 Å². The van der Waals surface area contributed by atoms with Gasteiger partial charge >= 0.3 is 0 Å². The molecule has 1 aliphatic heterocycles. The van der Waals surface area contributed by atoms with Gasteiger partial charge in [0, 0.05) is 11.3 Å². The van der Waals surface area contributed by atoms with Gasteiger partial charge in [0.05, 0.1) is 29.1 Å². The van der Waals surface area contributed by atoms with E-state index in [1.807, 2.05) is 47.2 Å². The van der Waals surface area contributed by atoms with E-state index in [0.717, 1.165) is 21.2 Å². The predicted molar refractivity (Wildman–Crippen MR) is 116 cm³/mol. The molecule has 0 aromatic carbocycles. The van der Waals surface area contributed by atoms with Gasteiger partial charge in [0.2, 0.25) is 5.16 Å². The molecule has 0 saturated carbocycles. The lowest BCUT2D eigenvalue weighted by molar-refractivity contribution is -0.130. The molecule has 0 unspecified atom stereocenters. The highest BCUT2D eigenvalue weighted by molar-refractivity contribution is 7.99. The van der Waals surface area contributed by atoms with Crippen LogP contribution in [0.1, 0.15) is 28.0 Å². The Labute approximate surface area is 184 Å². The van der Waals surface area contributed by atoms with Gasteiger partial charge in [0.15, 0.2) is 0 Å². The van der Waals surface area contributed by atoms with Crippen LogP contribution >= 0.6 is 34.4 Å². The predicted octanol–water partition coefficient (Wildman–Crippen LogP) is 3.91. The molecule has 0 N–H and O–H groups in total. The van der Waals surface area contributed by atoms with E-state index in [1.165, 1.54) is 16.8 Å². The number of carbonyl (C=O) groups excluding carboxylic acids is 1. The van der Waals surface area contributed by atoms with Crippen LogP contribution in [0.25, 0.3) is 0 Å². The molecule has 0 fully saturated rings. The van der Waals surface area contributed by atoms with Crippen LogP contribution < -0.4 is 0 Å². The van der Waals surface area contributed by atoms with Crippen LogP contribution in [0.3, 0.4) is 0 Å². The van der Waals surface area contributed by atoms with E-state index in [0.29, 0.717) is 18.1 Å². The Morgan fingerprint density at radius 3 is 2.87 bits per heavy atom. The van der Waals surface area contributed by atoms with Crippen molar-refractivity contribution in [3.63, 3.8) is 0 Å². The number of carbonyl (C=O) groups is 1. The van der Waals surface area contributed by atoms with Crippen LogP contribution in [0.5, 0.6) is 0 Å². The number of amides is 1. The van der Waals surface area contributed by atoms with Crippen molar-refractivity contribution in [1.82, 2.24) is 25.2 Å². The number of hydrogen-bond acceptors (Lipinski definition) is 9. The molecule has 30 heavy (non-hydrogen) atoms. The molecule has 11 heteroatoms. The van der Waals surface area contributed by atoms with Crippen molar-refractivity contribution in [3.8, 4) is 0 Å². The Hall–Kier alpha value is -2.76. The summed E-state index contributed by atoms with van der Waals surface area (Å²) >= 11 is 4.57. The number of furan rings is 1. The van der Waals surface area contributed by atoms with Gasteiger partial charge < -0.3 is 4.42 Å². The first kappa shape index (κ1) is 19.2. The normalized spacial score (nSPS) is 16.2. The summed E-state index contributed by atoms with van der Waals surface area (Å²) in [6.07, 6.45) is 2.25. The van der Waals surface area contributed by atoms with E-state index in [1.54, 1.807) is 33.6 Å². The zero-order valence-corrected chi connectivity index (χ0v) is 18.1. The van der Waals surface area contributed by atoms with Crippen molar-refractivity contribution >= 4 is 46.1 Å². The van der Waals surface area contributed by atoms with Gasteiger partial charge in [0.1, 0.15) is 11.8 Å². The summed E-state index contributed by atoms with van der Waals surface area (Å²) < 4.78 is 7.29. The smallest absolute Gasteiger partial charge is 0.253 e. The molecule has 4 aromatic rings. The minimum absolute atomic E-state index is 0.112. The molecule has 1 aliphatic rings. The first-order valence-corrected chi connectivity index (χ1v) is 11.9. The van der Waals surface area contributed by atoms with Crippen molar-refractivity contribution in [2.24, 2.45) is 5.10 Å². The zero-order chi connectivity index (χ0) is 20.3. The number of nitrogens with zero attached hydrogens (tertiary/aromatic N) is 6. The largest absolute Gasteiger partial charge is 0.467 e. The molecule has 5 heterocycles. The van der Waals surface area contributed by atoms with Crippen LogP contribution in [0.4, 0.5) is 0 Å². The molecule has 1 amide bonds. The summed E-state index contributed by atoms with van der Waals surface area (Å²) in [6.45, 7) is 0.584. The average Bonchev–Trinajstić information content (AvgIpc) is 3.57. The number of thiophene rings is 2. The molecule has 0 saturated heterocycles. The van der Waals surface area contributed by atoms with E-state index >= 15 is 0 Å². The van der Waals surface area contributed by atoms with Gasteiger partial charge in [0.25, 0.3) is 5.91 Å². The minimum atomic E-state index is -0.243. The average molecular weight is 457 g/mol. The quantitative estimate of drug-likeness (QED) is 0.392. The van der Waals surface area contributed by atoms with Crippen LogP contribution in [0.2, 0.25) is 0 Å². The second-order valence-electron chi connectivity index (χ2n) is 6.48. The summed E-state index contributed by atoms with van der Waals surface area (Å²) in [7, 11) is 0. The topological polar surface area (TPSA) is 89.4 Å². The van der Waals surface area contributed by atoms with E-state index < -0.39 is 0 Å². The van der Waals surface area contributed by atoms with Gasteiger partial charge in [-0.3, -0.25) is 4.79 Å². The molecule has 4 aromatic heterocycles. The van der Waals surface area contributed by atoms with E-state index in [2.05, 4.69) is 20.6 Å². The fraction of sp³-hybridized carbons (Fsp3) is 0.211. The Kier molecular flexibility index (Phi) is 5.47. The number of rotatable bonds is 7. The zero-order valence-electron chi connectivity index (χ0n) is 15.6. The fourth-order valence-corrected chi connectivity index (χ4v) is 5.31. The third kappa shape index (κ3) is 3.95. The third-order valence-electron chi connectivity index (χ3n) is 4.55. The minimum Gasteiger partial charge on any atom is -0.467 e. The summed E-state index contributed by atoms with van der Waals surface area (Å²) in [6, 6.07) is 11.5. The molecule has 152 valence electrons. The number of thioether (sulfide) groups is 1. The second-order valence-corrected chi connectivity index (χ2v) is 9.41. The second kappa shape index (κ2) is 8.54. The number of aromatic nitrogens is 4. The summed E-state index contributed by atoms with van der Waals surface area (Å²) in [5, 5.41) is 22.7. The van der Waals surface area contributed by atoms with Crippen LogP contribution in [0, 0.1) is 0 Å². The number of tetrazole rings is 1. The Bertz CT molecular complexity index is 1140. The van der Waals surface area contributed by atoms with Crippen molar-refractivity contribution in [3.05, 3.63) is 68.9 Å². The highest BCUT2D eigenvalue weighted by Crippen LogP contribution is 2.34. The molecular weight excluding hydrogens is 440 g/mol. The summed E-state index contributed by atoms with van der Waals surface area (Å²) in [5.41, 5.74) is 0.896. The highest BCUT2D eigenvalue weighted by atomic mass is 32.2. The van der Waals surface area contributed by atoms with Gasteiger partial charge in [-0.1, -0.05) is 23.9 Å². The van der Waals surface area contributed by atoms with E-state index in [4.69, 9.17) is 4.42 Å². The molecule has 0 spiro atoms. The Morgan fingerprint density at radius 1 is 1.20 bits per heavy atom. The van der Waals surface area contributed by atoms with E-state index in [9.17, 15) is 4.79 Å². The Morgan fingerprint density at radius 2 is 2.10 bits per heavy atom. The maximum Gasteiger partial charge on any atom is 0.253 e. The van der Waals surface area contributed by atoms with Crippen molar-refractivity contribution in [2.45, 2.75) is 24.2 Å². The highest BCUT2D eigenvalue weighted by Gasteiger charge is 2.35. The summed E-state index contributed by atoms with van der Waals surface area (Å²) in [5.74, 6) is 0.799. The standard InChI is InChI=1S/C19H16N6O2S3/c26-18(12-30-19-20-22-23-24(19)11-13-4-2-8-28-13)25-15(16-5-1-7-27-16)10-14(21-25)17-6-3-9-29-17/h1-9,15H,10-12H2/t15-/m1/s1. The van der Waals surface area contributed by atoms with Crippen molar-refractivity contribution in [2.75, 3.05) is 5.75 Å². The molecule has 0 aliphatic carbocycles. The number of hydrazone groups is 1. The monoisotopic (exact) mass is 456 g/mol.